The molecule has 0 N–H and O–H groups in total. The van der Waals surface area contributed by atoms with Gasteiger partial charge >= 0.3 is 0 Å². The quantitative estimate of drug-likeness (QED) is 0.717. The highest BCUT2D eigenvalue weighted by molar-refractivity contribution is 5.80. The van der Waals surface area contributed by atoms with Gasteiger partial charge in [-0.15, -0.1) is 5.10 Å². The highest BCUT2D eigenvalue weighted by Crippen LogP contribution is 2.17. The van der Waals surface area contributed by atoms with E-state index in [-0.39, 0.29) is 0 Å². The Bertz CT molecular complexity index is 693. The van der Waals surface area contributed by atoms with Gasteiger partial charge in [0.25, 0.3) is 0 Å². The molecule has 0 amide bonds. The van der Waals surface area contributed by atoms with Crippen LogP contribution in [0.1, 0.15) is 18.2 Å². The van der Waals surface area contributed by atoms with Crippen molar-refractivity contribution < 1.29 is 0 Å². The summed E-state index contributed by atoms with van der Waals surface area (Å²) in [7, 11) is 0. The maximum absolute atomic E-state index is 4.13. The van der Waals surface area contributed by atoms with Gasteiger partial charge in [-0.25, -0.2) is 0 Å². The lowest BCUT2D eigenvalue weighted by molar-refractivity contribution is 0.527. The second kappa shape index (κ2) is 4.88. The van der Waals surface area contributed by atoms with Crippen molar-refractivity contribution in [3.63, 3.8) is 0 Å². The fourth-order valence-corrected chi connectivity index (χ4v) is 2.33. The normalized spacial score (nSPS) is 11.3. The first-order valence-corrected chi connectivity index (χ1v) is 6.71. The summed E-state index contributed by atoms with van der Waals surface area (Å²) >= 11 is 0. The molecule has 3 aromatic rings. The van der Waals surface area contributed by atoms with Crippen molar-refractivity contribution in [1.29, 1.82) is 0 Å². The van der Waals surface area contributed by atoms with Crippen molar-refractivity contribution in [2.75, 3.05) is 0 Å². The van der Waals surface area contributed by atoms with Gasteiger partial charge in [-0.2, -0.15) is 0 Å². The molecule has 98 valence electrons. The predicted molar refractivity (Wildman–Crippen MR) is 76.1 cm³/mol. The van der Waals surface area contributed by atoms with Crippen LogP contribution in [-0.2, 0) is 19.5 Å². The van der Waals surface area contributed by atoms with Gasteiger partial charge < -0.3 is 4.57 Å². The van der Waals surface area contributed by atoms with Gasteiger partial charge in [0.15, 0.2) is 0 Å². The first kappa shape index (κ1) is 12.0. The lowest BCUT2D eigenvalue weighted by Crippen LogP contribution is -2.07. The first-order chi connectivity index (χ1) is 9.26. The third kappa shape index (κ3) is 2.38. The minimum absolute atomic E-state index is 0.852. The maximum atomic E-state index is 4.13. The number of aryl methyl sites for hydroxylation is 4. The largest absolute Gasteiger partial charge is 0.346 e. The smallest absolute Gasteiger partial charge is 0.0824 e. The van der Waals surface area contributed by atoms with Crippen LogP contribution >= 0.6 is 0 Å². The Morgan fingerprint density at radius 2 is 2.05 bits per heavy atom. The molecule has 4 heteroatoms. The monoisotopic (exact) mass is 254 g/mol. The van der Waals surface area contributed by atoms with Crippen LogP contribution in [0.25, 0.3) is 10.9 Å². The molecule has 0 radical (unpaired) electrons. The summed E-state index contributed by atoms with van der Waals surface area (Å²) < 4.78 is 4.18. The maximum Gasteiger partial charge on any atom is 0.0824 e. The van der Waals surface area contributed by atoms with Gasteiger partial charge in [-0.3, -0.25) is 4.68 Å². The number of rotatable bonds is 4. The van der Waals surface area contributed by atoms with Crippen molar-refractivity contribution >= 4 is 10.9 Å². The topological polar surface area (TPSA) is 35.6 Å². The summed E-state index contributed by atoms with van der Waals surface area (Å²) in [6.07, 6.45) is 5.10. The molecule has 2 heterocycles. The Labute approximate surface area is 112 Å². The van der Waals surface area contributed by atoms with E-state index < -0.39 is 0 Å². The molecule has 0 saturated heterocycles. The molecule has 4 nitrogen and oxygen atoms in total. The van der Waals surface area contributed by atoms with E-state index in [1.807, 2.05) is 10.9 Å². The molecule has 0 fully saturated rings. The van der Waals surface area contributed by atoms with Crippen molar-refractivity contribution in [2.24, 2.45) is 0 Å². The average molecular weight is 254 g/mol. The van der Waals surface area contributed by atoms with E-state index >= 15 is 0 Å². The second-order valence-corrected chi connectivity index (χ2v) is 4.90. The number of nitrogens with zero attached hydrogens (tertiary/aromatic N) is 4. The number of benzene rings is 1. The molecule has 0 aliphatic rings. The highest BCUT2D eigenvalue weighted by Gasteiger charge is 2.02. The number of fused-ring (bicyclic) bond motifs is 1. The van der Waals surface area contributed by atoms with Crippen molar-refractivity contribution in [1.82, 2.24) is 19.6 Å². The predicted octanol–water partition coefficient (Wildman–Crippen LogP) is 2.80. The summed E-state index contributed by atoms with van der Waals surface area (Å²) in [5.41, 5.74) is 3.63. The second-order valence-electron chi connectivity index (χ2n) is 4.90. The Kier molecular flexibility index (Phi) is 3.07. The van der Waals surface area contributed by atoms with Crippen LogP contribution in [-0.4, -0.2) is 19.6 Å². The van der Waals surface area contributed by atoms with E-state index in [9.17, 15) is 0 Å². The van der Waals surface area contributed by atoms with Crippen LogP contribution in [0, 0.1) is 6.92 Å². The molecule has 0 saturated carbocycles. The highest BCUT2D eigenvalue weighted by atomic mass is 15.4. The van der Waals surface area contributed by atoms with E-state index in [1.54, 1.807) is 0 Å². The van der Waals surface area contributed by atoms with Gasteiger partial charge in [-0.05, 0) is 36.9 Å². The molecule has 19 heavy (non-hydrogen) atoms. The number of aromatic nitrogens is 4. The third-order valence-corrected chi connectivity index (χ3v) is 3.44. The minimum atomic E-state index is 0.852. The zero-order valence-corrected chi connectivity index (χ0v) is 11.4. The van der Waals surface area contributed by atoms with Crippen LogP contribution in [0.15, 0.2) is 36.7 Å². The van der Waals surface area contributed by atoms with Crippen molar-refractivity contribution in [3.05, 3.63) is 47.9 Å². The molecule has 0 aliphatic carbocycles. The average Bonchev–Trinajstić information content (AvgIpc) is 3.02. The van der Waals surface area contributed by atoms with Crippen LogP contribution in [0.2, 0.25) is 0 Å². The SMILES string of the molecule is CCc1cn(CCn2ccc3cc(C)ccc32)nn1. The Morgan fingerprint density at radius 1 is 1.16 bits per heavy atom. The Balaban J connectivity index is 1.78. The first-order valence-electron chi connectivity index (χ1n) is 6.71. The molecular weight excluding hydrogens is 236 g/mol. The molecule has 1 aromatic carbocycles. The van der Waals surface area contributed by atoms with E-state index in [4.69, 9.17) is 0 Å². The zero-order chi connectivity index (χ0) is 13.2. The lowest BCUT2D eigenvalue weighted by Gasteiger charge is -2.05. The Hall–Kier alpha value is -2.10. The number of hydrogen-bond acceptors (Lipinski definition) is 2. The van der Waals surface area contributed by atoms with Crippen LogP contribution < -0.4 is 0 Å². The van der Waals surface area contributed by atoms with Crippen molar-refractivity contribution in [2.45, 2.75) is 33.4 Å². The summed E-state index contributed by atoms with van der Waals surface area (Å²) in [5.74, 6) is 0. The number of hydrogen-bond donors (Lipinski definition) is 0. The van der Waals surface area contributed by atoms with Crippen molar-refractivity contribution in [3.8, 4) is 0 Å². The van der Waals surface area contributed by atoms with Gasteiger partial charge in [-0.1, -0.05) is 23.8 Å². The standard InChI is InChI=1S/C15H18N4/c1-3-14-11-19(17-16-14)9-8-18-7-6-13-10-12(2)4-5-15(13)18/h4-7,10-11H,3,8-9H2,1-2H3. The fourth-order valence-electron chi connectivity index (χ4n) is 2.33. The molecule has 0 spiro atoms. The van der Waals surface area contributed by atoms with Crippen LogP contribution in [0.5, 0.6) is 0 Å². The van der Waals surface area contributed by atoms with Crippen LogP contribution in [0.4, 0.5) is 0 Å². The molecule has 0 aliphatic heterocycles. The summed E-state index contributed by atoms with van der Waals surface area (Å²) in [4.78, 5) is 0. The van der Waals surface area contributed by atoms with Gasteiger partial charge in [0.1, 0.15) is 0 Å². The third-order valence-electron chi connectivity index (χ3n) is 3.44. The lowest BCUT2D eigenvalue weighted by atomic mass is 10.2. The molecule has 2 aromatic heterocycles. The summed E-state index contributed by atoms with van der Waals surface area (Å²) in [6.45, 7) is 5.98. The zero-order valence-electron chi connectivity index (χ0n) is 11.4. The fraction of sp³-hybridized carbons (Fsp3) is 0.333. The van der Waals surface area contributed by atoms with Gasteiger partial charge in [0.2, 0.25) is 0 Å². The molecule has 0 bridgehead atoms. The molecule has 3 rings (SSSR count). The molecule has 0 atom stereocenters. The van der Waals surface area contributed by atoms with E-state index in [0.717, 1.165) is 25.2 Å². The van der Waals surface area contributed by atoms with Crippen LogP contribution in [0.3, 0.4) is 0 Å². The molecule has 0 unspecified atom stereocenters. The van der Waals surface area contributed by atoms with Gasteiger partial charge in [0, 0.05) is 24.5 Å². The minimum Gasteiger partial charge on any atom is -0.346 e. The van der Waals surface area contributed by atoms with Gasteiger partial charge in [0.05, 0.1) is 12.2 Å². The Morgan fingerprint density at radius 3 is 2.84 bits per heavy atom. The summed E-state index contributed by atoms with van der Waals surface area (Å²) in [5, 5.41) is 9.55. The van der Waals surface area contributed by atoms with E-state index in [2.05, 4.69) is 59.2 Å². The van der Waals surface area contributed by atoms with E-state index in [0.29, 0.717) is 0 Å². The summed E-state index contributed by atoms with van der Waals surface area (Å²) in [6, 6.07) is 8.73. The van der Waals surface area contributed by atoms with E-state index in [1.165, 1.54) is 16.5 Å². The molecular formula is C15H18N4.